The fraction of sp³-hybridized carbons (Fsp3) is 0.143. The van der Waals surface area contributed by atoms with Crippen LogP contribution in [0.2, 0.25) is 13.7 Å². The summed E-state index contributed by atoms with van der Waals surface area (Å²) in [5.41, 5.74) is 1.49. The van der Waals surface area contributed by atoms with Gasteiger partial charge in [-0.25, -0.2) is 9.97 Å². The number of aromatic nitrogens is 2. The van der Waals surface area contributed by atoms with Crippen molar-refractivity contribution in [3.05, 3.63) is 38.0 Å². The number of halogens is 3. The summed E-state index contributed by atoms with van der Waals surface area (Å²) in [4.78, 5) is 9.11. The summed E-state index contributed by atoms with van der Waals surface area (Å²) in [6.45, 7) is 2.77. The normalized spacial score (nSPS) is 11.0. The maximum Gasteiger partial charge on any atom is 0.164 e. The Morgan fingerprint density at radius 3 is 2.62 bits per heavy atom. The summed E-state index contributed by atoms with van der Waals surface area (Å²) in [5, 5.41) is 4.79. The first-order valence-electron chi connectivity index (χ1n) is 6.25. The van der Waals surface area contributed by atoms with Crippen molar-refractivity contribution in [1.29, 1.82) is 0 Å². The van der Waals surface area contributed by atoms with Gasteiger partial charge in [0, 0.05) is 17.0 Å². The largest absolute Gasteiger partial charge is 0.370 e. The van der Waals surface area contributed by atoms with Crippen molar-refractivity contribution in [2.24, 2.45) is 0 Å². The Hall–Kier alpha value is -1.07. The second kappa shape index (κ2) is 5.97. The van der Waals surface area contributed by atoms with Crippen LogP contribution in [0.4, 0.5) is 5.82 Å². The molecule has 3 rings (SSSR count). The molecule has 0 radical (unpaired) electrons. The second-order valence-corrected chi connectivity index (χ2v) is 7.05. The van der Waals surface area contributed by atoms with Crippen molar-refractivity contribution in [3.8, 4) is 11.4 Å². The van der Waals surface area contributed by atoms with Crippen LogP contribution in [0.5, 0.6) is 0 Å². The van der Waals surface area contributed by atoms with Gasteiger partial charge in [0.15, 0.2) is 5.82 Å². The topological polar surface area (TPSA) is 37.8 Å². The van der Waals surface area contributed by atoms with Crippen LogP contribution in [0.25, 0.3) is 22.3 Å². The van der Waals surface area contributed by atoms with Gasteiger partial charge in [0.1, 0.15) is 10.2 Å². The zero-order chi connectivity index (χ0) is 15.0. The molecule has 1 N–H and O–H groups in total. The van der Waals surface area contributed by atoms with Crippen LogP contribution >= 0.6 is 46.1 Å². The standard InChI is InChI=1S/C14H10Cl3N3S/c1-2-18-13-8-4-3-7(15)5-10(8)19-14(20-13)9-6-11(16)21-12(9)17/h3-6H,2H2,1H3,(H,18,19,20). The van der Waals surface area contributed by atoms with E-state index in [1.807, 2.05) is 25.1 Å². The van der Waals surface area contributed by atoms with Gasteiger partial charge in [-0.15, -0.1) is 11.3 Å². The molecule has 0 amide bonds. The minimum absolute atomic E-state index is 0.536. The molecule has 108 valence electrons. The van der Waals surface area contributed by atoms with Crippen molar-refractivity contribution in [3.63, 3.8) is 0 Å². The van der Waals surface area contributed by atoms with Gasteiger partial charge in [0.05, 0.1) is 15.4 Å². The first kappa shape index (κ1) is 14.9. The van der Waals surface area contributed by atoms with Gasteiger partial charge in [0.25, 0.3) is 0 Å². The monoisotopic (exact) mass is 357 g/mol. The molecule has 0 atom stereocenters. The molecule has 3 aromatic rings. The molecule has 0 aliphatic carbocycles. The molecule has 0 aliphatic heterocycles. The molecule has 0 aliphatic rings. The van der Waals surface area contributed by atoms with E-state index >= 15 is 0 Å². The molecule has 2 heterocycles. The third kappa shape index (κ3) is 2.94. The molecule has 7 heteroatoms. The highest BCUT2D eigenvalue weighted by Crippen LogP contribution is 2.38. The van der Waals surface area contributed by atoms with Gasteiger partial charge in [-0.1, -0.05) is 34.8 Å². The number of nitrogens with one attached hydrogen (secondary N) is 1. The van der Waals surface area contributed by atoms with Crippen molar-refractivity contribution in [2.45, 2.75) is 6.92 Å². The molecular formula is C14H10Cl3N3S. The quantitative estimate of drug-likeness (QED) is 0.647. The Labute approximate surface area is 140 Å². The zero-order valence-electron chi connectivity index (χ0n) is 11.0. The maximum absolute atomic E-state index is 6.20. The van der Waals surface area contributed by atoms with Gasteiger partial charge in [-0.3, -0.25) is 0 Å². The van der Waals surface area contributed by atoms with Crippen LogP contribution in [-0.2, 0) is 0 Å². The molecule has 21 heavy (non-hydrogen) atoms. The average Bonchev–Trinajstić information content (AvgIpc) is 2.77. The summed E-state index contributed by atoms with van der Waals surface area (Å²) in [6.07, 6.45) is 0. The Morgan fingerprint density at radius 1 is 1.14 bits per heavy atom. The molecule has 0 fully saturated rings. The third-order valence-electron chi connectivity index (χ3n) is 2.90. The lowest BCUT2D eigenvalue weighted by molar-refractivity contribution is 1.15. The van der Waals surface area contributed by atoms with E-state index in [4.69, 9.17) is 34.8 Å². The van der Waals surface area contributed by atoms with E-state index in [0.29, 0.717) is 19.5 Å². The van der Waals surface area contributed by atoms with E-state index < -0.39 is 0 Å². The zero-order valence-corrected chi connectivity index (χ0v) is 14.0. The smallest absolute Gasteiger partial charge is 0.164 e. The Bertz CT molecular complexity index is 817. The number of fused-ring (bicyclic) bond motifs is 1. The van der Waals surface area contributed by atoms with Gasteiger partial charge < -0.3 is 5.32 Å². The fourth-order valence-electron chi connectivity index (χ4n) is 2.02. The molecule has 3 nitrogen and oxygen atoms in total. The SMILES string of the molecule is CCNc1nc(-c2cc(Cl)sc2Cl)nc2cc(Cl)ccc12. The Morgan fingerprint density at radius 2 is 1.95 bits per heavy atom. The highest BCUT2D eigenvalue weighted by Gasteiger charge is 2.14. The van der Waals surface area contributed by atoms with Crippen molar-refractivity contribution in [1.82, 2.24) is 9.97 Å². The van der Waals surface area contributed by atoms with Crippen molar-refractivity contribution >= 4 is 62.9 Å². The predicted molar refractivity (Wildman–Crippen MR) is 92.0 cm³/mol. The van der Waals surface area contributed by atoms with Crippen molar-refractivity contribution in [2.75, 3.05) is 11.9 Å². The van der Waals surface area contributed by atoms with Crippen LogP contribution in [-0.4, -0.2) is 16.5 Å². The fourth-order valence-corrected chi connectivity index (χ4v) is 3.64. The van der Waals surface area contributed by atoms with Crippen molar-refractivity contribution < 1.29 is 0 Å². The minimum atomic E-state index is 0.536. The van der Waals surface area contributed by atoms with E-state index in [1.165, 1.54) is 11.3 Å². The molecular weight excluding hydrogens is 349 g/mol. The van der Waals surface area contributed by atoms with Crippen LogP contribution in [0.15, 0.2) is 24.3 Å². The van der Waals surface area contributed by atoms with E-state index in [-0.39, 0.29) is 0 Å². The maximum atomic E-state index is 6.20. The summed E-state index contributed by atoms with van der Waals surface area (Å²) in [6, 6.07) is 7.31. The lowest BCUT2D eigenvalue weighted by atomic mass is 10.2. The second-order valence-electron chi connectivity index (χ2n) is 4.33. The van der Waals surface area contributed by atoms with Crippen LogP contribution in [0, 0.1) is 0 Å². The van der Waals surface area contributed by atoms with Gasteiger partial charge in [0.2, 0.25) is 0 Å². The number of thiophene rings is 1. The van der Waals surface area contributed by atoms with Gasteiger partial charge >= 0.3 is 0 Å². The summed E-state index contributed by atoms with van der Waals surface area (Å²) >= 11 is 19.6. The molecule has 0 saturated heterocycles. The average molecular weight is 359 g/mol. The first-order valence-corrected chi connectivity index (χ1v) is 8.20. The lowest BCUT2D eigenvalue weighted by Gasteiger charge is -2.09. The van der Waals surface area contributed by atoms with Gasteiger partial charge in [-0.2, -0.15) is 0 Å². The highest BCUT2D eigenvalue weighted by molar-refractivity contribution is 7.20. The van der Waals surface area contributed by atoms with E-state index in [2.05, 4.69) is 15.3 Å². The van der Waals surface area contributed by atoms with Gasteiger partial charge in [-0.05, 0) is 31.2 Å². The molecule has 1 aromatic carbocycles. The van der Waals surface area contributed by atoms with E-state index in [9.17, 15) is 0 Å². The van der Waals surface area contributed by atoms with Crippen LogP contribution in [0.3, 0.4) is 0 Å². The molecule has 0 spiro atoms. The number of anilines is 1. The lowest BCUT2D eigenvalue weighted by Crippen LogP contribution is -2.02. The van der Waals surface area contributed by atoms with Crippen LogP contribution < -0.4 is 5.32 Å². The minimum Gasteiger partial charge on any atom is -0.370 e. The predicted octanol–water partition coefficient (Wildman–Crippen LogP) is 5.75. The number of rotatable bonds is 3. The van der Waals surface area contributed by atoms with E-state index in [1.54, 1.807) is 6.07 Å². The number of benzene rings is 1. The first-order chi connectivity index (χ1) is 10.1. The number of hydrogen-bond donors (Lipinski definition) is 1. The Balaban J connectivity index is 2.26. The number of nitrogens with zero attached hydrogens (tertiary/aromatic N) is 2. The summed E-state index contributed by atoms with van der Waals surface area (Å²) in [7, 11) is 0. The third-order valence-corrected chi connectivity index (χ3v) is 4.62. The molecule has 0 saturated carbocycles. The number of hydrogen-bond acceptors (Lipinski definition) is 4. The summed E-state index contributed by atoms with van der Waals surface area (Å²) in [5.74, 6) is 1.29. The Kier molecular flexibility index (Phi) is 4.22. The van der Waals surface area contributed by atoms with E-state index in [0.717, 1.165) is 28.8 Å². The highest BCUT2D eigenvalue weighted by atomic mass is 35.5. The summed E-state index contributed by atoms with van der Waals surface area (Å²) < 4.78 is 1.18. The molecule has 0 bridgehead atoms. The molecule has 0 unspecified atom stereocenters. The van der Waals surface area contributed by atoms with Crippen LogP contribution in [0.1, 0.15) is 6.92 Å². The molecule has 2 aromatic heterocycles.